The molecule has 0 spiro atoms. The molecule has 1 atom stereocenters. The van der Waals surface area contributed by atoms with E-state index in [2.05, 4.69) is 10.1 Å². The highest BCUT2D eigenvalue weighted by molar-refractivity contribution is 6.30. The Kier molecular flexibility index (Phi) is 7.59. The van der Waals surface area contributed by atoms with Gasteiger partial charge in [0, 0.05) is 29.6 Å². The van der Waals surface area contributed by atoms with Crippen LogP contribution in [0.25, 0.3) is 11.4 Å². The van der Waals surface area contributed by atoms with Gasteiger partial charge in [-0.05, 0) is 52.2 Å². The molecule has 0 bridgehead atoms. The summed E-state index contributed by atoms with van der Waals surface area (Å²) in [7, 11) is 0. The summed E-state index contributed by atoms with van der Waals surface area (Å²) in [6, 6.07) is 6.91. The van der Waals surface area contributed by atoms with Gasteiger partial charge in [0.15, 0.2) is 0 Å². The molecule has 3 rings (SSSR count). The van der Waals surface area contributed by atoms with Crippen LogP contribution in [0.2, 0.25) is 5.02 Å². The van der Waals surface area contributed by atoms with Gasteiger partial charge in [0.2, 0.25) is 23.5 Å². The van der Waals surface area contributed by atoms with Gasteiger partial charge in [-0.25, -0.2) is 0 Å². The lowest BCUT2D eigenvalue weighted by Crippen LogP contribution is -2.49. The van der Waals surface area contributed by atoms with Gasteiger partial charge in [-0.2, -0.15) is 4.98 Å². The maximum absolute atomic E-state index is 13.2. The number of alkyl halides is 1. The first-order chi connectivity index (χ1) is 14.8. The van der Waals surface area contributed by atoms with Crippen molar-refractivity contribution >= 4 is 35.0 Å². The number of carbonyl (C=O) groups excluding carboxylic acids is 2. The molecule has 0 radical (unpaired) electrons. The fraction of sp³-hybridized carbons (Fsp3) is 0.545. The Labute approximate surface area is 192 Å². The van der Waals surface area contributed by atoms with Crippen molar-refractivity contribution in [1.29, 1.82) is 0 Å². The number of amides is 2. The summed E-state index contributed by atoms with van der Waals surface area (Å²) in [6.45, 7) is 6.45. The van der Waals surface area contributed by atoms with Gasteiger partial charge in [0.05, 0.1) is 12.0 Å². The van der Waals surface area contributed by atoms with Crippen molar-refractivity contribution in [3.8, 4) is 11.4 Å². The lowest BCUT2D eigenvalue weighted by atomic mass is 9.94. The highest BCUT2D eigenvalue weighted by Crippen LogP contribution is 2.32. The second-order valence-corrected chi connectivity index (χ2v) is 9.11. The minimum absolute atomic E-state index is 0.00143. The highest BCUT2D eigenvalue weighted by atomic mass is 35.5. The molecular weight excluding hydrogens is 439 g/mol. The van der Waals surface area contributed by atoms with Crippen molar-refractivity contribution < 1.29 is 14.1 Å². The van der Waals surface area contributed by atoms with E-state index in [9.17, 15) is 9.59 Å². The number of nitrogens with zero attached hydrogens (tertiary/aromatic N) is 4. The molecule has 1 aromatic heterocycles. The van der Waals surface area contributed by atoms with Crippen LogP contribution in [0.3, 0.4) is 0 Å². The molecule has 9 heteroatoms. The number of aromatic nitrogens is 2. The lowest BCUT2D eigenvalue weighted by molar-refractivity contribution is -0.147. The molecule has 168 valence electrons. The molecule has 1 aromatic carbocycles. The van der Waals surface area contributed by atoms with E-state index in [0.29, 0.717) is 29.8 Å². The van der Waals surface area contributed by atoms with Crippen molar-refractivity contribution in [1.82, 2.24) is 19.9 Å². The Bertz CT molecular complexity index is 931. The number of likely N-dealkylation sites (N-methyl/N-ethyl adjacent to an activating group) is 1. The average molecular weight is 467 g/mol. The zero-order valence-electron chi connectivity index (χ0n) is 18.1. The smallest absolute Gasteiger partial charge is 0.249 e. The van der Waals surface area contributed by atoms with Crippen molar-refractivity contribution in [2.45, 2.75) is 46.1 Å². The standard InChI is InChI=1S/C22H28Cl2N4O3/c1-4-27(21(30)22(2,3)14-23)13-18(29)28-11-6-5-10-17(28)20-25-19(26-31-20)15-8-7-9-16(24)12-15/h7-9,12,17H,4-6,10-11,13-14H2,1-3H3. The summed E-state index contributed by atoms with van der Waals surface area (Å²) >= 11 is 12.0. The Balaban J connectivity index is 1.77. The molecule has 31 heavy (non-hydrogen) atoms. The van der Waals surface area contributed by atoms with Gasteiger partial charge >= 0.3 is 0 Å². The Morgan fingerprint density at radius 1 is 1.32 bits per heavy atom. The van der Waals surface area contributed by atoms with E-state index in [4.69, 9.17) is 27.7 Å². The number of benzene rings is 1. The molecule has 7 nitrogen and oxygen atoms in total. The van der Waals surface area contributed by atoms with Gasteiger partial charge in [-0.15, -0.1) is 11.6 Å². The van der Waals surface area contributed by atoms with E-state index >= 15 is 0 Å². The molecule has 0 saturated carbocycles. The zero-order chi connectivity index (χ0) is 22.6. The first kappa shape index (κ1) is 23.5. The van der Waals surface area contributed by atoms with Crippen molar-refractivity contribution in [2.24, 2.45) is 5.41 Å². The third-order valence-corrected chi connectivity index (χ3v) is 6.44. The van der Waals surface area contributed by atoms with E-state index in [0.717, 1.165) is 24.8 Å². The number of halogens is 2. The Hall–Kier alpha value is -2.12. The van der Waals surface area contributed by atoms with Crippen molar-refractivity contribution in [3.63, 3.8) is 0 Å². The summed E-state index contributed by atoms with van der Waals surface area (Å²) in [4.78, 5) is 33.8. The number of piperidine rings is 1. The second kappa shape index (κ2) is 10.0. The Morgan fingerprint density at radius 2 is 2.10 bits per heavy atom. The maximum atomic E-state index is 13.2. The fourth-order valence-corrected chi connectivity index (χ4v) is 3.97. The summed E-state index contributed by atoms with van der Waals surface area (Å²) in [5.74, 6) is 0.765. The number of rotatable bonds is 7. The third-order valence-electron chi connectivity index (χ3n) is 5.54. The fourth-order valence-electron chi connectivity index (χ4n) is 3.67. The average Bonchev–Trinajstić information content (AvgIpc) is 3.27. The summed E-state index contributed by atoms with van der Waals surface area (Å²) in [5.41, 5.74) is 0.0274. The van der Waals surface area contributed by atoms with Crippen molar-refractivity contribution in [3.05, 3.63) is 35.2 Å². The van der Waals surface area contributed by atoms with Gasteiger partial charge in [0.1, 0.15) is 6.04 Å². The number of carbonyl (C=O) groups is 2. The number of hydrogen-bond donors (Lipinski definition) is 0. The molecular formula is C22H28Cl2N4O3. The van der Waals surface area contributed by atoms with E-state index < -0.39 is 5.41 Å². The first-order valence-corrected chi connectivity index (χ1v) is 11.4. The van der Waals surface area contributed by atoms with Crippen LogP contribution in [0.1, 0.15) is 52.0 Å². The second-order valence-electron chi connectivity index (χ2n) is 8.40. The molecule has 0 aliphatic carbocycles. The first-order valence-electron chi connectivity index (χ1n) is 10.5. The summed E-state index contributed by atoms with van der Waals surface area (Å²) in [5, 5.41) is 4.67. The van der Waals surface area contributed by atoms with E-state index in [1.54, 1.807) is 35.8 Å². The number of hydrogen-bond acceptors (Lipinski definition) is 5. The van der Waals surface area contributed by atoms with Crippen LogP contribution in [0.5, 0.6) is 0 Å². The zero-order valence-corrected chi connectivity index (χ0v) is 19.6. The van der Waals surface area contributed by atoms with E-state index in [-0.39, 0.29) is 30.3 Å². The monoisotopic (exact) mass is 466 g/mol. The van der Waals surface area contributed by atoms with Gasteiger partial charge in [-0.1, -0.05) is 28.9 Å². The molecule has 1 saturated heterocycles. The molecule has 1 fully saturated rings. The van der Waals surface area contributed by atoms with Crippen LogP contribution < -0.4 is 0 Å². The minimum Gasteiger partial charge on any atom is -0.337 e. The van der Waals surface area contributed by atoms with E-state index in [1.165, 1.54) is 0 Å². The minimum atomic E-state index is -0.725. The molecule has 2 amide bonds. The predicted octanol–water partition coefficient (Wildman–Crippen LogP) is 4.56. The molecule has 2 heterocycles. The normalized spacial score (nSPS) is 16.9. The SMILES string of the molecule is CCN(CC(=O)N1CCCCC1c1nc(-c2cccc(Cl)c2)no1)C(=O)C(C)(C)CCl. The van der Waals surface area contributed by atoms with Gasteiger partial charge < -0.3 is 14.3 Å². The van der Waals surface area contributed by atoms with Crippen LogP contribution in [-0.4, -0.2) is 57.3 Å². The van der Waals surface area contributed by atoms with Crippen LogP contribution in [0.15, 0.2) is 28.8 Å². The third kappa shape index (κ3) is 5.39. The van der Waals surface area contributed by atoms with Gasteiger partial charge in [-0.3, -0.25) is 9.59 Å². The lowest BCUT2D eigenvalue weighted by Gasteiger charge is -2.36. The van der Waals surface area contributed by atoms with Crippen LogP contribution in [0, 0.1) is 5.41 Å². The van der Waals surface area contributed by atoms with Crippen molar-refractivity contribution in [2.75, 3.05) is 25.5 Å². The predicted molar refractivity (Wildman–Crippen MR) is 120 cm³/mol. The summed E-state index contributed by atoms with van der Waals surface area (Å²) in [6.07, 6.45) is 2.58. The topological polar surface area (TPSA) is 79.5 Å². The van der Waals surface area contributed by atoms with Crippen LogP contribution >= 0.6 is 23.2 Å². The van der Waals surface area contributed by atoms with Gasteiger partial charge in [0.25, 0.3) is 0 Å². The molecule has 2 aromatic rings. The number of likely N-dealkylation sites (tertiary alicyclic amines) is 1. The molecule has 1 aliphatic rings. The van der Waals surface area contributed by atoms with Crippen LogP contribution in [0.4, 0.5) is 0 Å². The maximum Gasteiger partial charge on any atom is 0.249 e. The molecule has 1 aliphatic heterocycles. The largest absolute Gasteiger partial charge is 0.337 e. The Morgan fingerprint density at radius 3 is 2.77 bits per heavy atom. The van der Waals surface area contributed by atoms with E-state index in [1.807, 2.05) is 19.1 Å². The highest BCUT2D eigenvalue weighted by Gasteiger charge is 2.36. The molecule has 0 N–H and O–H groups in total. The quantitative estimate of drug-likeness (QED) is 0.558. The summed E-state index contributed by atoms with van der Waals surface area (Å²) < 4.78 is 5.53. The molecule has 1 unspecified atom stereocenters. The van der Waals surface area contributed by atoms with Crippen LogP contribution in [-0.2, 0) is 9.59 Å².